The predicted molar refractivity (Wildman–Crippen MR) is 293 cm³/mol. The Bertz CT molecular complexity index is 4110. The fourth-order valence-electron chi connectivity index (χ4n) is 15.8. The zero-order valence-electron chi connectivity index (χ0n) is 39.5. The average Bonchev–Trinajstić information content (AvgIpc) is 4.27. The molecule has 1 unspecified atom stereocenters. The largest absolute Gasteiger partial charge is 0.0619 e. The molecule has 1 atom stereocenters. The van der Waals surface area contributed by atoms with Crippen molar-refractivity contribution in [1.82, 2.24) is 0 Å². The number of rotatable bonds is 2. The predicted octanol–water partition coefficient (Wildman–Crippen LogP) is 16.5. The highest BCUT2D eigenvalue weighted by atomic mass is 14.5. The first kappa shape index (κ1) is 38.8. The molecule has 3 spiro atoms. The summed E-state index contributed by atoms with van der Waals surface area (Å²) in [4.78, 5) is 0. The summed E-state index contributed by atoms with van der Waals surface area (Å²) in [5.41, 5.74) is 31.4. The van der Waals surface area contributed by atoms with Crippen LogP contribution in [0.1, 0.15) is 66.8 Å². The van der Waals surface area contributed by atoms with E-state index in [2.05, 4.69) is 218 Å². The van der Waals surface area contributed by atoms with E-state index in [-0.39, 0.29) is 16.2 Å². The van der Waals surface area contributed by atoms with Crippen LogP contribution in [0.15, 0.2) is 218 Å². The van der Waals surface area contributed by atoms with Crippen molar-refractivity contribution in [1.29, 1.82) is 0 Å². The van der Waals surface area contributed by atoms with Crippen LogP contribution >= 0.6 is 0 Å². The van der Waals surface area contributed by atoms with E-state index in [9.17, 15) is 0 Å². The molecule has 0 aromatic heterocycles. The fraction of sp³-hybridized carbons (Fsp3) is 0.127. The lowest BCUT2D eigenvalue weighted by Gasteiger charge is -2.28. The van der Waals surface area contributed by atoms with E-state index < -0.39 is 0 Å². The summed E-state index contributed by atoms with van der Waals surface area (Å²) in [5.74, 6) is 0. The molecular weight excluding hydrogens is 853 g/mol. The Labute approximate surface area is 415 Å². The summed E-state index contributed by atoms with van der Waals surface area (Å²) in [7, 11) is 0. The molecule has 0 N–H and O–H groups in total. The highest BCUT2D eigenvalue weighted by Gasteiger charge is 2.51. The van der Waals surface area contributed by atoms with Gasteiger partial charge in [0.1, 0.15) is 0 Å². The van der Waals surface area contributed by atoms with Crippen LogP contribution in [0.2, 0.25) is 0 Å². The van der Waals surface area contributed by atoms with E-state index in [4.69, 9.17) is 0 Å². The molecule has 0 amide bonds. The first-order chi connectivity index (χ1) is 35.0. The molecule has 11 aromatic carbocycles. The van der Waals surface area contributed by atoms with Gasteiger partial charge in [-0.3, -0.25) is 0 Å². The van der Waals surface area contributed by atoms with E-state index in [0.717, 1.165) is 38.5 Å². The number of benzene rings is 11. The van der Waals surface area contributed by atoms with Crippen LogP contribution in [-0.4, -0.2) is 0 Å². The second-order valence-electron chi connectivity index (χ2n) is 22.1. The topological polar surface area (TPSA) is 0 Å². The molecule has 0 aliphatic heterocycles. The maximum absolute atomic E-state index is 2.61. The van der Waals surface area contributed by atoms with Gasteiger partial charge in [0.2, 0.25) is 0 Å². The van der Waals surface area contributed by atoms with Gasteiger partial charge in [0.15, 0.2) is 0 Å². The van der Waals surface area contributed by atoms with Crippen molar-refractivity contribution in [2.24, 2.45) is 0 Å². The van der Waals surface area contributed by atoms with E-state index in [1.807, 2.05) is 0 Å². The molecule has 0 saturated carbocycles. The summed E-state index contributed by atoms with van der Waals surface area (Å²) < 4.78 is 0. The van der Waals surface area contributed by atoms with Crippen molar-refractivity contribution in [2.75, 3.05) is 0 Å². The molecule has 6 aliphatic rings. The smallest absolute Gasteiger partial charge is 0.0296 e. The lowest BCUT2D eigenvalue weighted by molar-refractivity contribution is 0.563. The van der Waals surface area contributed by atoms with Crippen molar-refractivity contribution >= 4 is 21.5 Å². The Morgan fingerprint density at radius 3 is 0.972 bits per heavy atom. The molecule has 11 aromatic rings. The van der Waals surface area contributed by atoms with Gasteiger partial charge in [0.25, 0.3) is 0 Å². The minimum Gasteiger partial charge on any atom is -0.0619 e. The number of hydrogen-bond acceptors (Lipinski definition) is 0. The van der Waals surface area contributed by atoms with Crippen molar-refractivity contribution in [2.45, 2.75) is 54.8 Å². The summed E-state index contributed by atoms with van der Waals surface area (Å²) in [5, 5.41) is 5.37. The Kier molecular flexibility index (Phi) is 7.44. The fourth-order valence-corrected chi connectivity index (χ4v) is 15.8. The second-order valence-corrected chi connectivity index (χ2v) is 22.1. The third kappa shape index (κ3) is 5.05. The molecule has 71 heavy (non-hydrogen) atoms. The lowest BCUT2D eigenvalue weighted by atomic mass is 9.74. The van der Waals surface area contributed by atoms with E-state index in [1.54, 1.807) is 0 Å². The minimum absolute atomic E-state index is 0.0725. The highest BCUT2D eigenvalue weighted by Crippen LogP contribution is 2.61. The molecule has 0 heteroatoms. The number of hydrogen-bond donors (Lipinski definition) is 0. The first-order valence-electron chi connectivity index (χ1n) is 25.9. The molecular formula is C71H48. The van der Waals surface area contributed by atoms with Crippen molar-refractivity contribution in [3.05, 3.63) is 285 Å². The molecule has 0 heterocycles. The van der Waals surface area contributed by atoms with Crippen LogP contribution in [0.5, 0.6) is 0 Å². The highest BCUT2D eigenvalue weighted by molar-refractivity contribution is 5.92. The van der Waals surface area contributed by atoms with Gasteiger partial charge in [-0.05, 0) is 201 Å². The van der Waals surface area contributed by atoms with E-state index >= 15 is 0 Å². The zero-order chi connectivity index (χ0) is 46.2. The molecule has 17 rings (SSSR count). The van der Waals surface area contributed by atoms with Gasteiger partial charge in [-0.2, -0.15) is 0 Å². The summed E-state index contributed by atoms with van der Waals surface area (Å²) in [6.45, 7) is 0. The van der Waals surface area contributed by atoms with Gasteiger partial charge in [0, 0.05) is 16.2 Å². The van der Waals surface area contributed by atoms with Crippen LogP contribution in [0.4, 0.5) is 0 Å². The van der Waals surface area contributed by atoms with Crippen LogP contribution in [0.3, 0.4) is 0 Å². The monoisotopic (exact) mass is 900 g/mol. The Hall–Kier alpha value is -8.06. The van der Waals surface area contributed by atoms with Gasteiger partial charge in [-0.1, -0.05) is 200 Å². The van der Waals surface area contributed by atoms with Gasteiger partial charge in [0.05, 0.1) is 0 Å². The normalized spacial score (nSPS) is 18.1. The Morgan fingerprint density at radius 1 is 0.211 bits per heavy atom. The first-order valence-corrected chi connectivity index (χ1v) is 25.9. The third-order valence-corrected chi connectivity index (χ3v) is 18.8. The SMILES string of the molecule is c1ccc2c(c1)-c1ccc(-c3ccc4c(c3)C3(Cc5cccc(-c6ccc7c(c6)C6(Cc8cc9ccccc9cc8C6)c6ccccc6-7)c5C3)c3ccccc3-4)cc1C21Cc2cc3ccccc3cc2C1. The standard InChI is InChI=1S/C71H48/c1-2-13-44-31-52-39-69(38-51(52)30-43(44)12-1)63-21-8-5-17-56(63)59-27-24-47(34-66(59)69)48-25-28-60-58-19-7-10-23-65(58)71(67(60)35-48)37-50-16-11-20-55(62(50)42-71)49-26-29-61-57-18-6-9-22-64(57)70(68(61)36-49)40-53-32-45-14-3-4-15-46(45)33-54(53)41-70/h1-36H,37-42H2. The molecule has 332 valence electrons. The molecule has 0 radical (unpaired) electrons. The summed E-state index contributed by atoms with van der Waals surface area (Å²) in [6, 6.07) is 85.2. The average molecular weight is 901 g/mol. The van der Waals surface area contributed by atoms with Crippen molar-refractivity contribution in [3.63, 3.8) is 0 Å². The van der Waals surface area contributed by atoms with Crippen LogP contribution in [0.25, 0.3) is 77.2 Å². The van der Waals surface area contributed by atoms with E-state index in [1.165, 1.54) is 144 Å². The molecule has 0 nitrogen and oxygen atoms in total. The molecule has 0 saturated heterocycles. The van der Waals surface area contributed by atoms with Gasteiger partial charge in [-0.25, -0.2) is 0 Å². The maximum atomic E-state index is 2.61. The summed E-state index contributed by atoms with van der Waals surface area (Å²) >= 11 is 0. The minimum atomic E-state index is -0.146. The quantitative estimate of drug-likeness (QED) is 0.162. The molecule has 0 bridgehead atoms. The Morgan fingerprint density at radius 2 is 0.535 bits per heavy atom. The van der Waals surface area contributed by atoms with Crippen LogP contribution in [-0.2, 0) is 54.8 Å². The molecule has 6 aliphatic carbocycles. The summed E-state index contributed by atoms with van der Waals surface area (Å²) in [6.07, 6.45) is 6.13. The van der Waals surface area contributed by atoms with Gasteiger partial charge < -0.3 is 0 Å². The van der Waals surface area contributed by atoms with Crippen molar-refractivity contribution < 1.29 is 0 Å². The molecule has 0 fully saturated rings. The lowest BCUT2D eigenvalue weighted by Crippen LogP contribution is -2.26. The Balaban J connectivity index is 0.773. The zero-order valence-corrected chi connectivity index (χ0v) is 39.5. The third-order valence-electron chi connectivity index (χ3n) is 18.8. The van der Waals surface area contributed by atoms with Crippen LogP contribution in [0, 0.1) is 0 Å². The van der Waals surface area contributed by atoms with E-state index in [0.29, 0.717) is 0 Å². The second kappa shape index (κ2) is 13.6. The van der Waals surface area contributed by atoms with Gasteiger partial charge in [-0.15, -0.1) is 0 Å². The van der Waals surface area contributed by atoms with Gasteiger partial charge >= 0.3 is 0 Å². The van der Waals surface area contributed by atoms with Crippen molar-refractivity contribution in [3.8, 4) is 55.6 Å². The number of fused-ring (bicyclic) bond motifs is 20. The maximum Gasteiger partial charge on any atom is 0.0296 e. The van der Waals surface area contributed by atoms with Crippen LogP contribution < -0.4 is 0 Å².